The predicted octanol–water partition coefficient (Wildman–Crippen LogP) is 4.58. The molecule has 0 aliphatic carbocycles. The van der Waals surface area contributed by atoms with Gasteiger partial charge in [-0.15, -0.1) is 0 Å². The maximum Gasteiger partial charge on any atom is 0.343 e. The van der Waals surface area contributed by atoms with E-state index in [0.29, 0.717) is 23.3 Å². The lowest BCUT2D eigenvalue weighted by atomic mass is 9.81. The summed E-state index contributed by atoms with van der Waals surface area (Å²) in [7, 11) is 0. The van der Waals surface area contributed by atoms with E-state index in [9.17, 15) is 4.79 Å². The van der Waals surface area contributed by atoms with E-state index in [4.69, 9.17) is 13.9 Å². The number of benzene rings is 2. The number of ether oxygens (including phenoxy) is 2. The van der Waals surface area contributed by atoms with Crippen LogP contribution in [0.3, 0.4) is 0 Å². The molecular formula is C19H13BrO4. The van der Waals surface area contributed by atoms with Crippen LogP contribution in [-0.2, 0) is 0 Å². The van der Waals surface area contributed by atoms with Gasteiger partial charge < -0.3 is 13.9 Å². The van der Waals surface area contributed by atoms with E-state index in [-0.39, 0.29) is 11.5 Å². The molecule has 0 fully saturated rings. The van der Waals surface area contributed by atoms with Gasteiger partial charge in [0.1, 0.15) is 17.1 Å². The van der Waals surface area contributed by atoms with Crippen molar-refractivity contribution in [2.75, 3.05) is 0 Å². The van der Waals surface area contributed by atoms with E-state index in [0.717, 1.165) is 21.2 Å². The summed E-state index contributed by atoms with van der Waals surface area (Å²) < 4.78 is 18.8. The highest BCUT2D eigenvalue weighted by molar-refractivity contribution is 9.10. The van der Waals surface area contributed by atoms with Gasteiger partial charge in [-0.2, -0.15) is 0 Å². The summed E-state index contributed by atoms with van der Waals surface area (Å²) in [6.07, 6.45) is 0.576. The van der Waals surface area contributed by atoms with E-state index >= 15 is 0 Å². The zero-order valence-corrected chi connectivity index (χ0v) is 14.4. The minimum atomic E-state index is -0.797. The van der Waals surface area contributed by atoms with E-state index in [1.54, 1.807) is 6.07 Å². The molecule has 120 valence electrons. The van der Waals surface area contributed by atoms with E-state index in [1.165, 1.54) is 0 Å². The third-order valence-corrected chi connectivity index (χ3v) is 5.21. The van der Waals surface area contributed by atoms with Crippen LogP contribution < -0.4 is 15.1 Å². The average Bonchev–Trinajstić information content (AvgIpc) is 2.55. The van der Waals surface area contributed by atoms with Crippen LogP contribution in [0.4, 0.5) is 0 Å². The first-order valence-corrected chi connectivity index (χ1v) is 8.57. The van der Waals surface area contributed by atoms with E-state index in [1.807, 2.05) is 43.3 Å². The fraction of sp³-hybridized carbons (Fsp3) is 0.211. The third kappa shape index (κ3) is 1.88. The van der Waals surface area contributed by atoms with Gasteiger partial charge in [0.2, 0.25) is 5.79 Å². The van der Waals surface area contributed by atoms with Crippen LogP contribution in [0.1, 0.15) is 30.4 Å². The molecule has 2 unspecified atom stereocenters. The standard InChI is InChI=1S/C19H13BrO4/c1-19-9-13(12-8-10(20)6-7-15(12)23-19)16-17(24-19)11-4-2-3-5-14(11)22-18(16)21/h2-8,13H,9H2,1H3. The maximum absolute atomic E-state index is 12.7. The molecule has 3 aromatic rings. The second-order valence-electron chi connectivity index (χ2n) is 6.41. The second kappa shape index (κ2) is 4.63. The Morgan fingerprint density at radius 3 is 2.88 bits per heavy atom. The van der Waals surface area contributed by atoms with Crippen LogP contribution in [0.25, 0.3) is 11.0 Å². The number of hydrogen-bond donors (Lipinski definition) is 0. The summed E-state index contributed by atoms with van der Waals surface area (Å²) in [4.78, 5) is 12.7. The summed E-state index contributed by atoms with van der Waals surface area (Å²) in [6.45, 7) is 1.91. The zero-order chi connectivity index (χ0) is 16.5. The van der Waals surface area contributed by atoms with Gasteiger partial charge in [0, 0.05) is 29.3 Å². The average molecular weight is 385 g/mol. The van der Waals surface area contributed by atoms with Crippen LogP contribution in [0.2, 0.25) is 0 Å². The number of fused-ring (bicyclic) bond motifs is 8. The highest BCUT2D eigenvalue weighted by atomic mass is 79.9. The van der Waals surface area contributed by atoms with Gasteiger partial charge >= 0.3 is 5.63 Å². The summed E-state index contributed by atoms with van der Waals surface area (Å²) in [5.74, 6) is 0.414. The second-order valence-corrected chi connectivity index (χ2v) is 7.32. The molecule has 5 rings (SSSR count). The highest BCUT2D eigenvalue weighted by Crippen LogP contribution is 2.52. The molecule has 5 heteroatoms. The van der Waals surface area contributed by atoms with Crippen molar-refractivity contribution < 1.29 is 13.9 Å². The SMILES string of the molecule is CC12CC(c3cc(Br)ccc3O1)c1c(c3ccccc3oc1=O)O2. The highest BCUT2D eigenvalue weighted by Gasteiger charge is 2.47. The Bertz CT molecular complexity index is 1050. The van der Waals surface area contributed by atoms with Gasteiger partial charge in [0.05, 0.1) is 10.9 Å². The smallest absolute Gasteiger partial charge is 0.343 e. The van der Waals surface area contributed by atoms with Crippen LogP contribution in [0, 0.1) is 0 Å². The number of halogens is 1. The molecule has 1 aromatic heterocycles. The Balaban J connectivity index is 1.87. The first-order valence-electron chi connectivity index (χ1n) is 7.77. The van der Waals surface area contributed by atoms with Gasteiger partial charge in [-0.3, -0.25) is 0 Å². The monoisotopic (exact) mass is 384 g/mol. The van der Waals surface area contributed by atoms with Crippen molar-refractivity contribution in [2.45, 2.75) is 25.0 Å². The fourth-order valence-electron chi connectivity index (χ4n) is 3.72. The lowest BCUT2D eigenvalue weighted by molar-refractivity contribution is -0.124. The van der Waals surface area contributed by atoms with Gasteiger partial charge in [0.25, 0.3) is 0 Å². The van der Waals surface area contributed by atoms with E-state index in [2.05, 4.69) is 15.9 Å². The zero-order valence-electron chi connectivity index (χ0n) is 12.8. The normalized spacial score (nSPS) is 23.8. The molecule has 0 amide bonds. The predicted molar refractivity (Wildman–Crippen MR) is 92.7 cm³/mol. The van der Waals surface area contributed by atoms with Crippen molar-refractivity contribution in [1.82, 2.24) is 0 Å². The molecule has 3 heterocycles. The van der Waals surface area contributed by atoms with Crippen LogP contribution >= 0.6 is 15.9 Å². The molecule has 0 radical (unpaired) electrons. The summed E-state index contributed by atoms with van der Waals surface area (Å²) in [5, 5.41) is 0.796. The first kappa shape index (κ1) is 14.1. The topological polar surface area (TPSA) is 48.7 Å². The minimum Gasteiger partial charge on any atom is -0.452 e. The van der Waals surface area contributed by atoms with Crippen molar-refractivity contribution in [3.8, 4) is 11.5 Å². The molecule has 24 heavy (non-hydrogen) atoms. The first-order chi connectivity index (χ1) is 11.5. The summed E-state index contributed by atoms with van der Waals surface area (Å²) >= 11 is 3.50. The molecule has 2 aliphatic rings. The quantitative estimate of drug-likeness (QED) is 0.532. The molecule has 2 aliphatic heterocycles. The summed E-state index contributed by atoms with van der Waals surface area (Å²) in [5.41, 5.74) is 1.74. The Morgan fingerprint density at radius 1 is 1.17 bits per heavy atom. The molecule has 2 aromatic carbocycles. The fourth-order valence-corrected chi connectivity index (χ4v) is 4.10. The number of para-hydroxylation sites is 1. The Morgan fingerprint density at radius 2 is 2.00 bits per heavy atom. The van der Waals surface area contributed by atoms with Gasteiger partial charge in [-0.05, 0) is 30.3 Å². The molecule has 4 nitrogen and oxygen atoms in total. The van der Waals surface area contributed by atoms with Crippen molar-refractivity contribution in [3.63, 3.8) is 0 Å². The van der Waals surface area contributed by atoms with Crippen molar-refractivity contribution >= 4 is 26.9 Å². The molecular weight excluding hydrogens is 372 g/mol. The van der Waals surface area contributed by atoms with Crippen molar-refractivity contribution in [1.29, 1.82) is 0 Å². The van der Waals surface area contributed by atoms with Crippen molar-refractivity contribution in [2.24, 2.45) is 0 Å². The van der Waals surface area contributed by atoms with Crippen molar-refractivity contribution in [3.05, 3.63) is 68.5 Å². The van der Waals surface area contributed by atoms with Crippen LogP contribution in [0.5, 0.6) is 11.5 Å². The third-order valence-electron chi connectivity index (χ3n) is 4.71. The van der Waals surface area contributed by atoms with Gasteiger partial charge in [0.15, 0.2) is 0 Å². The molecule has 0 N–H and O–H groups in total. The summed E-state index contributed by atoms with van der Waals surface area (Å²) in [6, 6.07) is 13.3. The van der Waals surface area contributed by atoms with E-state index < -0.39 is 5.79 Å². The molecule has 0 saturated heterocycles. The minimum absolute atomic E-state index is 0.110. The van der Waals surface area contributed by atoms with Gasteiger partial charge in [-0.1, -0.05) is 28.1 Å². The van der Waals surface area contributed by atoms with Crippen LogP contribution in [0.15, 0.2) is 56.1 Å². The Labute approximate surface area is 146 Å². The molecule has 0 saturated carbocycles. The lowest BCUT2D eigenvalue weighted by Crippen LogP contribution is -2.48. The van der Waals surface area contributed by atoms with Gasteiger partial charge in [-0.25, -0.2) is 4.79 Å². The number of rotatable bonds is 0. The number of hydrogen-bond acceptors (Lipinski definition) is 4. The Kier molecular flexibility index (Phi) is 2.72. The Hall–Kier alpha value is -2.27. The molecule has 0 spiro atoms. The molecule has 2 bridgehead atoms. The molecule has 2 atom stereocenters. The maximum atomic E-state index is 12.7. The van der Waals surface area contributed by atoms with Crippen LogP contribution in [-0.4, -0.2) is 5.79 Å². The largest absolute Gasteiger partial charge is 0.452 e. The lowest BCUT2D eigenvalue weighted by Gasteiger charge is -2.44.